The summed E-state index contributed by atoms with van der Waals surface area (Å²) in [6.45, 7) is 0. The maximum atomic E-state index is 10.4. The molecule has 1 aliphatic rings. The molecule has 1 aliphatic heterocycles. The van der Waals surface area contributed by atoms with Crippen molar-refractivity contribution >= 4 is 11.9 Å². The predicted octanol–water partition coefficient (Wildman–Crippen LogP) is 0.0933. The largest absolute Gasteiger partial charge is 0.481 e. The Labute approximate surface area is 68.9 Å². The molecule has 0 aliphatic carbocycles. The molecule has 0 unspecified atom stereocenters. The zero-order valence-corrected chi connectivity index (χ0v) is 6.40. The highest BCUT2D eigenvalue weighted by Crippen LogP contribution is 2.21. The lowest BCUT2D eigenvalue weighted by atomic mass is 10.1. The smallest absolute Gasteiger partial charge is 0.332 e. The first-order chi connectivity index (χ1) is 5.59. The van der Waals surface area contributed by atoms with Crippen molar-refractivity contribution in [1.29, 1.82) is 0 Å². The molecule has 0 aromatic rings. The standard InChI is InChI=1S/C7H10O5/c8-6(9)3-4-1-2-5(12-4)7(10)11/h4-5H,1-3H2,(H,8,9)(H,10,11)/t4-,5+/m1/s1. The Bertz CT molecular complexity index is 200. The van der Waals surface area contributed by atoms with Crippen molar-refractivity contribution in [3.63, 3.8) is 0 Å². The fourth-order valence-corrected chi connectivity index (χ4v) is 1.23. The second-order valence-electron chi connectivity index (χ2n) is 2.76. The highest BCUT2D eigenvalue weighted by molar-refractivity contribution is 5.73. The summed E-state index contributed by atoms with van der Waals surface area (Å²) in [6, 6.07) is 0. The van der Waals surface area contributed by atoms with E-state index in [1.165, 1.54) is 0 Å². The van der Waals surface area contributed by atoms with E-state index in [4.69, 9.17) is 14.9 Å². The van der Waals surface area contributed by atoms with Gasteiger partial charge >= 0.3 is 11.9 Å². The van der Waals surface area contributed by atoms with E-state index in [1.54, 1.807) is 0 Å². The van der Waals surface area contributed by atoms with Gasteiger partial charge in [-0.15, -0.1) is 0 Å². The Balaban J connectivity index is 2.35. The van der Waals surface area contributed by atoms with E-state index in [0.717, 1.165) is 0 Å². The minimum absolute atomic E-state index is 0.107. The van der Waals surface area contributed by atoms with Crippen LogP contribution in [0.4, 0.5) is 0 Å². The zero-order chi connectivity index (χ0) is 9.14. The molecular formula is C7H10O5. The van der Waals surface area contributed by atoms with Crippen LogP contribution in [0.25, 0.3) is 0 Å². The number of ether oxygens (including phenoxy) is 1. The molecule has 0 spiro atoms. The Morgan fingerprint density at radius 1 is 1.33 bits per heavy atom. The van der Waals surface area contributed by atoms with Gasteiger partial charge < -0.3 is 14.9 Å². The first-order valence-electron chi connectivity index (χ1n) is 3.69. The lowest BCUT2D eigenvalue weighted by Crippen LogP contribution is -2.21. The second kappa shape index (κ2) is 3.53. The third-order valence-corrected chi connectivity index (χ3v) is 1.79. The Kier molecular flexibility index (Phi) is 2.65. The molecule has 0 bridgehead atoms. The molecule has 1 heterocycles. The van der Waals surface area contributed by atoms with Crippen molar-refractivity contribution in [2.75, 3.05) is 0 Å². The summed E-state index contributed by atoms with van der Waals surface area (Å²) in [6.07, 6.45) is -0.418. The summed E-state index contributed by atoms with van der Waals surface area (Å²) < 4.78 is 4.95. The number of carboxylic acids is 2. The predicted molar refractivity (Wildman–Crippen MR) is 37.8 cm³/mol. The lowest BCUT2D eigenvalue weighted by molar-refractivity contribution is -0.152. The van der Waals surface area contributed by atoms with Crippen molar-refractivity contribution in [2.45, 2.75) is 31.5 Å². The third-order valence-electron chi connectivity index (χ3n) is 1.79. The molecule has 12 heavy (non-hydrogen) atoms. The van der Waals surface area contributed by atoms with Gasteiger partial charge in [0.05, 0.1) is 12.5 Å². The van der Waals surface area contributed by atoms with E-state index in [0.29, 0.717) is 12.8 Å². The van der Waals surface area contributed by atoms with E-state index in [2.05, 4.69) is 0 Å². The number of carboxylic acid groups (broad SMARTS) is 2. The first kappa shape index (κ1) is 8.99. The van der Waals surface area contributed by atoms with Gasteiger partial charge in [-0.3, -0.25) is 4.79 Å². The number of carbonyl (C=O) groups is 2. The van der Waals surface area contributed by atoms with Crippen LogP contribution in [0.2, 0.25) is 0 Å². The van der Waals surface area contributed by atoms with E-state index in [-0.39, 0.29) is 6.42 Å². The van der Waals surface area contributed by atoms with Crippen LogP contribution < -0.4 is 0 Å². The van der Waals surface area contributed by atoms with Gasteiger partial charge in [0.25, 0.3) is 0 Å². The van der Waals surface area contributed by atoms with E-state index in [1.807, 2.05) is 0 Å². The quantitative estimate of drug-likeness (QED) is 0.633. The minimum Gasteiger partial charge on any atom is -0.481 e. The lowest BCUT2D eigenvalue weighted by Gasteiger charge is -2.07. The molecule has 0 saturated carbocycles. The molecule has 1 rings (SSSR count). The van der Waals surface area contributed by atoms with Gasteiger partial charge in [-0.1, -0.05) is 0 Å². The summed E-state index contributed by atoms with van der Waals surface area (Å²) in [7, 11) is 0. The topological polar surface area (TPSA) is 83.8 Å². The molecular weight excluding hydrogens is 164 g/mol. The number of hydrogen-bond acceptors (Lipinski definition) is 3. The Hall–Kier alpha value is -1.10. The van der Waals surface area contributed by atoms with Crippen LogP contribution in [0, 0.1) is 0 Å². The molecule has 0 aromatic carbocycles. The van der Waals surface area contributed by atoms with Crippen molar-refractivity contribution in [2.24, 2.45) is 0 Å². The van der Waals surface area contributed by atoms with Gasteiger partial charge in [-0.2, -0.15) is 0 Å². The van der Waals surface area contributed by atoms with Crippen LogP contribution in [0.15, 0.2) is 0 Å². The molecule has 2 N–H and O–H groups in total. The van der Waals surface area contributed by atoms with Gasteiger partial charge in [-0.25, -0.2) is 4.79 Å². The maximum absolute atomic E-state index is 10.4. The van der Waals surface area contributed by atoms with Crippen LogP contribution in [0.5, 0.6) is 0 Å². The summed E-state index contributed by atoms with van der Waals surface area (Å²) >= 11 is 0. The Morgan fingerprint density at radius 2 is 2.00 bits per heavy atom. The monoisotopic (exact) mass is 174 g/mol. The average Bonchev–Trinajstić information content (AvgIpc) is 2.34. The summed E-state index contributed by atoms with van der Waals surface area (Å²) in [5, 5.41) is 16.9. The molecule has 0 aromatic heterocycles. The molecule has 5 nitrogen and oxygen atoms in total. The van der Waals surface area contributed by atoms with Crippen molar-refractivity contribution in [3.05, 3.63) is 0 Å². The minimum atomic E-state index is -1.01. The highest BCUT2D eigenvalue weighted by Gasteiger charge is 2.31. The maximum Gasteiger partial charge on any atom is 0.332 e. The summed E-state index contributed by atoms with van der Waals surface area (Å²) in [4.78, 5) is 20.6. The van der Waals surface area contributed by atoms with Crippen molar-refractivity contribution in [1.82, 2.24) is 0 Å². The van der Waals surface area contributed by atoms with Crippen LogP contribution in [-0.4, -0.2) is 34.4 Å². The number of hydrogen-bond donors (Lipinski definition) is 2. The zero-order valence-electron chi connectivity index (χ0n) is 6.40. The van der Waals surface area contributed by atoms with Crippen molar-refractivity contribution in [3.8, 4) is 0 Å². The van der Waals surface area contributed by atoms with Crippen LogP contribution in [0.1, 0.15) is 19.3 Å². The first-order valence-corrected chi connectivity index (χ1v) is 3.69. The van der Waals surface area contributed by atoms with Crippen LogP contribution in [-0.2, 0) is 14.3 Å². The molecule has 0 radical (unpaired) electrons. The number of aliphatic carboxylic acids is 2. The van der Waals surface area contributed by atoms with Gasteiger partial charge in [0.15, 0.2) is 6.10 Å². The van der Waals surface area contributed by atoms with Gasteiger partial charge in [0.1, 0.15) is 0 Å². The molecule has 2 atom stereocenters. The molecule has 0 amide bonds. The fourth-order valence-electron chi connectivity index (χ4n) is 1.23. The van der Waals surface area contributed by atoms with E-state index in [9.17, 15) is 9.59 Å². The van der Waals surface area contributed by atoms with Crippen LogP contribution >= 0.6 is 0 Å². The van der Waals surface area contributed by atoms with E-state index >= 15 is 0 Å². The van der Waals surface area contributed by atoms with E-state index < -0.39 is 24.1 Å². The molecule has 5 heteroatoms. The summed E-state index contributed by atoms with van der Waals surface area (Å²) in [5.74, 6) is -1.96. The normalized spacial score (nSPS) is 28.7. The Morgan fingerprint density at radius 3 is 2.42 bits per heavy atom. The summed E-state index contributed by atoms with van der Waals surface area (Å²) in [5.41, 5.74) is 0. The third kappa shape index (κ3) is 2.20. The molecule has 68 valence electrons. The van der Waals surface area contributed by atoms with Gasteiger partial charge in [0, 0.05) is 0 Å². The highest BCUT2D eigenvalue weighted by atomic mass is 16.5. The molecule has 1 saturated heterocycles. The van der Waals surface area contributed by atoms with Gasteiger partial charge in [0.2, 0.25) is 0 Å². The second-order valence-corrected chi connectivity index (χ2v) is 2.76. The molecule has 1 fully saturated rings. The SMILES string of the molecule is O=C(O)C[C@H]1CC[C@@H](C(=O)O)O1. The number of rotatable bonds is 3. The van der Waals surface area contributed by atoms with Gasteiger partial charge in [-0.05, 0) is 12.8 Å². The van der Waals surface area contributed by atoms with Crippen molar-refractivity contribution < 1.29 is 24.5 Å². The average molecular weight is 174 g/mol. The fraction of sp³-hybridized carbons (Fsp3) is 0.714. The van der Waals surface area contributed by atoms with Crippen LogP contribution in [0.3, 0.4) is 0 Å².